The molecule has 1 N–H and O–H groups in total. The molecule has 7 nitrogen and oxygen atoms in total. The Labute approximate surface area is 139 Å². The smallest absolute Gasteiger partial charge is 0.326 e. The molecule has 3 rings (SSSR count). The summed E-state index contributed by atoms with van der Waals surface area (Å²) in [4.78, 5) is 25.7. The van der Waals surface area contributed by atoms with Gasteiger partial charge in [0, 0.05) is 26.3 Å². The zero-order valence-electron chi connectivity index (χ0n) is 13.5. The van der Waals surface area contributed by atoms with Gasteiger partial charge in [-0.2, -0.15) is 5.10 Å². The number of nitrogens with zero attached hydrogens (tertiary/aromatic N) is 3. The Morgan fingerprint density at radius 2 is 2.00 bits per heavy atom. The van der Waals surface area contributed by atoms with Crippen LogP contribution in [0.1, 0.15) is 22.5 Å². The predicted molar refractivity (Wildman–Crippen MR) is 86.2 cm³/mol. The van der Waals surface area contributed by atoms with Gasteiger partial charge in [0.2, 0.25) is 0 Å². The molecular formula is C17H19N3O4. The number of amides is 1. The average molecular weight is 329 g/mol. The number of carbonyl (C=O) groups excluding carboxylic acids is 1. The normalized spacial score (nSPS) is 20.3. The maximum atomic E-state index is 12.8. The van der Waals surface area contributed by atoms with Crippen molar-refractivity contribution < 1.29 is 19.4 Å². The topological polar surface area (TPSA) is 84.7 Å². The van der Waals surface area contributed by atoms with Crippen LogP contribution < -0.4 is 0 Å². The highest BCUT2D eigenvalue weighted by molar-refractivity contribution is 5.97. The fourth-order valence-electron chi connectivity index (χ4n) is 2.96. The van der Waals surface area contributed by atoms with Gasteiger partial charge in [0.15, 0.2) is 0 Å². The molecule has 0 saturated carbocycles. The molecule has 2 unspecified atom stereocenters. The minimum atomic E-state index is -1.02. The van der Waals surface area contributed by atoms with E-state index >= 15 is 0 Å². The molecule has 0 radical (unpaired) electrons. The molecular weight excluding hydrogens is 310 g/mol. The summed E-state index contributed by atoms with van der Waals surface area (Å²) < 4.78 is 6.86. The SMILES string of the molecule is COC1CC(C(=O)O)N(C(=O)c2cn(-c3ccccc3)nc2C)C1. The summed E-state index contributed by atoms with van der Waals surface area (Å²) in [6.07, 6.45) is 1.68. The maximum Gasteiger partial charge on any atom is 0.326 e. The van der Waals surface area contributed by atoms with Gasteiger partial charge in [0.1, 0.15) is 6.04 Å². The van der Waals surface area contributed by atoms with Crippen molar-refractivity contribution in [2.45, 2.75) is 25.5 Å². The number of aryl methyl sites for hydroxylation is 1. The third-order valence-electron chi connectivity index (χ3n) is 4.29. The van der Waals surface area contributed by atoms with Crippen LogP contribution in [0.25, 0.3) is 5.69 Å². The first-order valence-electron chi connectivity index (χ1n) is 7.69. The van der Waals surface area contributed by atoms with Crippen LogP contribution in [0.4, 0.5) is 0 Å². The van der Waals surface area contributed by atoms with Gasteiger partial charge in [0.25, 0.3) is 5.91 Å². The first kappa shape index (κ1) is 16.2. The van der Waals surface area contributed by atoms with Crippen molar-refractivity contribution in [3.8, 4) is 5.69 Å². The fourth-order valence-corrected chi connectivity index (χ4v) is 2.96. The second-order valence-electron chi connectivity index (χ2n) is 5.81. The number of likely N-dealkylation sites (tertiary alicyclic amines) is 1. The molecule has 2 atom stereocenters. The van der Waals surface area contributed by atoms with Gasteiger partial charge in [-0.25, -0.2) is 9.48 Å². The van der Waals surface area contributed by atoms with Crippen LogP contribution in [0.15, 0.2) is 36.5 Å². The average Bonchev–Trinajstić information content (AvgIpc) is 3.19. The number of hydrogen-bond acceptors (Lipinski definition) is 4. The number of aromatic nitrogens is 2. The lowest BCUT2D eigenvalue weighted by Crippen LogP contribution is -2.40. The van der Waals surface area contributed by atoms with Gasteiger partial charge >= 0.3 is 5.97 Å². The molecule has 1 amide bonds. The molecule has 0 bridgehead atoms. The van der Waals surface area contributed by atoms with E-state index in [1.54, 1.807) is 17.8 Å². The van der Waals surface area contributed by atoms with Crippen LogP contribution in [0.3, 0.4) is 0 Å². The number of hydrogen-bond donors (Lipinski definition) is 1. The molecule has 1 aromatic carbocycles. The van der Waals surface area contributed by atoms with Crippen LogP contribution >= 0.6 is 0 Å². The zero-order valence-corrected chi connectivity index (χ0v) is 13.5. The summed E-state index contributed by atoms with van der Waals surface area (Å²) in [5, 5.41) is 13.7. The maximum absolute atomic E-state index is 12.8. The number of benzene rings is 1. The number of ether oxygens (including phenoxy) is 1. The van der Waals surface area contributed by atoms with Crippen molar-refractivity contribution in [1.82, 2.24) is 14.7 Å². The minimum absolute atomic E-state index is 0.264. The molecule has 126 valence electrons. The summed E-state index contributed by atoms with van der Waals surface area (Å²) in [7, 11) is 1.52. The summed E-state index contributed by atoms with van der Waals surface area (Å²) in [6.45, 7) is 2.01. The summed E-state index contributed by atoms with van der Waals surface area (Å²) in [5.41, 5.74) is 1.81. The molecule has 24 heavy (non-hydrogen) atoms. The van der Waals surface area contributed by atoms with Gasteiger partial charge in [-0.05, 0) is 19.1 Å². The van der Waals surface area contributed by atoms with Crippen LogP contribution in [0, 0.1) is 6.92 Å². The van der Waals surface area contributed by atoms with Crippen molar-refractivity contribution in [1.29, 1.82) is 0 Å². The van der Waals surface area contributed by atoms with E-state index in [-0.39, 0.29) is 18.6 Å². The Balaban J connectivity index is 1.90. The molecule has 0 spiro atoms. The number of methoxy groups -OCH3 is 1. The molecule has 0 aliphatic carbocycles. The standard InChI is InChI=1S/C17H19N3O4/c1-11-14(10-20(18-11)12-6-4-3-5-7-12)16(21)19-9-13(24-2)8-15(19)17(22)23/h3-7,10,13,15H,8-9H2,1-2H3,(H,22,23). The number of para-hydroxylation sites is 1. The van der Waals surface area contributed by atoms with Gasteiger partial charge in [-0.15, -0.1) is 0 Å². The lowest BCUT2D eigenvalue weighted by molar-refractivity contribution is -0.141. The van der Waals surface area contributed by atoms with Crippen LogP contribution in [-0.2, 0) is 9.53 Å². The van der Waals surface area contributed by atoms with Crippen LogP contribution in [0.5, 0.6) is 0 Å². The molecule has 7 heteroatoms. The summed E-state index contributed by atoms with van der Waals surface area (Å²) >= 11 is 0. The fraction of sp³-hybridized carbons (Fsp3) is 0.353. The van der Waals surface area contributed by atoms with E-state index in [0.717, 1.165) is 5.69 Å². The molecule has 2 aromatic rings. The monoisotopic (exact) mass is 329 g/mol. The van der Waals surface area contributed by atoms with Crippen molar-refractivity contribution in [3.05, 3.63) is 47.8 Å². The quantitative estimate of drug-likeness (QED) is 0.919. The second-order valence-corrected chi connectivity index (χ2v) is 5.81. The van der Waals surface area contributed by atoms with E-state index in [1.165, 1.54) is 12.0 Å². The van der Waals surface area contributed by atoms with Crippen molar-refractivity contribution in [2.75, 3.05) is 13.7 Å². The third-order valence-corrected chi connectivity index (χ3v) is 4.29. The number of rotatable bonds is 4. The van der Waals surface area contributed by atoms with Gasteiger partial charge in [-0.3, -0.25) is 4.79 Å². The zero-order chi connectivity index (χ0) is 17.3. The van der Waals surface area contributed by atoms with Crippen molar-refractivity contribution >= 4 is 11.9 Å². The van der Waals surface area contributed by atoms with E-state index in [9.17, 15) is 14.7 Å². The summed E-state index contributed by atoms with van der Waals surface area (Å²) in [5.74, 6) is -1.35. The van der Waals surface area contributed by atoms with E-state index in [1.807, 2.05) is 30.3 Å². The van der Waals surface area contributed by atoms with E-state index in [0.29, 0.717) is 17.7 Å². The molecule has 2 heterocycles. The predicted octanol–water partition coefficient (Wildman–Crippen LogP) is 1.49. The highest BCUT2D eigenvalue weighted by Gasteiger charge is 2.40. The first-order valence-corrected chi connectivity index (χ1v) is 7.69. The van der Waals surface area contributed by atoms with E-state index in [2.05, 4.69) is 5.10 Å². The van der Waals surface area contributed by atoms with Crippen LogP contribution in [0.2, 0.25) is 0 Å². The number of carbonyl (C=O) groups is 2. The summed E-state index contributed by atoms with van der Waals surface area (Å²) in [6, 6.07) is 8.57. The van der Waals surface area contributed by atoms with Gasteiger partial charge < -0.3 is 14.7 Å². The van der Waals surface area contributed by atoms with Gasteiger partial charge in [-0.1, -0.05) is 18.2 Å². The Kier molecular flexibility index (Phi) is 4.35. The molecule has 1 saturated heterocycles. The Morgan fingerprint density at radius 3 is 2.62 bits per heavy atom. The Morgan fingerprint density at radius 1 is 1.29 bits per heavy atom. The van der Waals surface area contributed by atoms with E-state index < -0.39 is 12.0 Å². The minimum Gasteiger partial charge on any atom is -0.480 e. The lowest BCUT2D eigenvalue weighted by Gasteiger charge is -2.20. The molecule has 1 aromatic heterocycles. The highest BCUT2D eigenvalue weighted by atomic mass is 16.5. The highest BCUT2D eigenvalue weighted by Crippen LogP contribution is 2.24. The molecule has 1 aliphatic rings. The lowest BCUT2D eigenvalue weighted by atomic mass is 10.2. The largest absolute Gasteiger partial charge is 0.480 e. The molecule has 1 fully saturated rings. The van der Waals surface area contributed by atoms with Crippen molar-refractivity contribution in [3.63, 3.8) is 0 Å². The number of aliphatic carboxylic acids is 1. The van der Waals surface area contributed by atoms with Crippen molar-refractivity contribution in [2.24, 2.45) is 0 Å². The van der Waals surface area contributed by atoms with Gasteiger partial charge in [0.05, 0.1) is 23.0 Å². The first-order chi connectivity index (χ1) is 11.5. The third kappa shape index (κ3) is 2.90. The number of carboxylic acid groups (broad SMARTS) is 1. The van der Waals surface area contributed by atoms with E-state index in [4.69, 9.17) is 4.74 Å². The number of carboxylic acids is 1. The van der Waals surface area contributed by atoms with Crippen LogP contribution in [-0.4, -0.2) is 57.5 Å². The second kappa shape index (κ2) is 6.45. The Hall–Kier alpha value is -2.67. The molecule has 1 aliphatic heterocycles. The Bertz CT molecular complexity index is 756.